The lowest BCUT2D eigenvalue weighted by Crippen LogP contribution is -2.32. The minimum Gasteiger partial charge on any atom is -0.858 e. The first-order valence-electron chi connectivity index (χ1n) is 7.95. The van der Waals surface area contributed by atoms with Crippen molar-refractivity contribution in [2.75, 3.05) is 11.1 Å². The number of hydrogen-bond acceptors (Lipinski definition) is 6. The number of nitrogens with zero attached hydrogens (tertiary/aromatic N) is 4. The maximum Gasteiger partial charge on any atom is 0.391 e. The Hall–Kier alpha value is -3.42. The lowest BCUT2D eigenvalue weighted by molar-refractivity contribution is -0.602. The second-order valence-electron chi connectivity index (χ2n) is 6.00. The molecule has 8 heteroatoms. The second-order valence-corrected chi connectivity index (χ2v) is 6.00. The third-order valence-electron chi connectivity index (χ3n) is 4.00. The van der Waals surface area contributed by atoms with Crippen LogP contribution in [0.25, 0.3) is 11.6 Å². The summed E-state index contributed by atoms with van der Waals surface area (Å²) in [4.78, 5) is 8.65. The van der Waals surface area contributed by atoms with Crippen LogP contribution in [0.15, 0.2) is 49.2 Å². The van der Waals surface area contributed by atoms with Gasteiger partial charge < -0.3 is 21.6 Å². The molecule has 0 aliphatic heterocycles. The summed E-state index contributed by atoms with van der Waals surface area (Å²) in [6, 6.07) is 7.83. The maximum absolute atomic E-state index is 11.5. The highest BCUT2D eigenvalue weighted by Crippen LogP contribution is 2.25. The Balaban J connectivity index is 1.67. The van der Waals surface area contributed by atoms with Crippen LogP contribution in [0.1, 0.15) is 18.4 Å². The summed E-state index contributed by atoms with van der Waals surface area (Å²) in [5.74, 6) is 0.0572. The zero-order chi connectivity index (χ0) is 17.4. The number of benzene rings is 1. The molecule has 1 aliphatic rings. The highest BCUT2D eigenvalue weighted by Gasteiger charge is 2.25. The van der Waals surface area contributed by atoms with E-state index in [1.54, 1.807) is 4.57 Å². The fraction of sp³-hybridized carbons (Fsp3) is 0.176. The molecule has 3 aromatic rings. The molecule has 4 N–H and O–H groups in total. The molecule has 1 fully saturated rings. The molecular weight excluding hydrogens is 318 g/mol. The molecule has 0 amide bonds. The summed E-state index contributed by atoms with van der Waals surface area (Å²) in [5, 5.41) is 22.0. The van der Waals surface area contributed by atoms with Crippen molar-refractivity contribution in [3.63, 3.8) is 0 Å². The van der Waals surface area contributed by atoms with E-state index in [2.05, 4.69) is 15.3 Å². The van der Waals surface area contributed by atoms with Gasteiger partial charge in [-0.05, 0) is 43.0 Å². The summed E-state index contributed by atoms with van der Waals surface area (Å²) in [5.41, 5.74) is 7.57. The molecule has 0 saturated heterocycles. The van der Waals surface area contributed by atoms with E-state index in [1.807, 2.05) is 47.6 Å². The number of imidazole rings is 1. The molecule has 2 aromatic heterocycles. The fourth-order valence-electron chi connectivity index (χ4n) is 2.47. The van der Waals surface area contributed by atoms with Crippen LogP contribution in [0.3, 0.4) is 0 Å². The Kier molecular flexibility index (Phi) is 3.57. The molecule has 0 unspecified atom stereocenters. The van der Waals surface area contributed by atoms with Crippen molar-refractivity contribution in [1.29, 1.82) is 5.41 Å². The Morgan fingerprint density at radius 2 is 2.08 bits per heavy atom. The van der Waals surface area contributed by atoms with Gasteiger partial charge in [0.25, 0.3) is 0 Å². The van der Waals surface area contributed by atoms with E-state index in [0.717, 1.165) is 18.5 Å². The van der Waals surface area contributed by atoms with Gasteiger partial charge in [0, 0.05) is 11.7 Å². The zero-order valence-electron chi connectivity index (χ0n) is 13.4. The van der Waals surface area contributed by atoms with Crippen LogP contribution in [0.5, 0.6) is 0 Å². The van der Waals surface area contributed by atoms with Crippen molar-refractivity contribution < 1.29 is 9.67 Å². The predicted octanol–water partition coefficient (Wildman–Crippen LogP) is 0.386. The van der Waals surface area contributed by atoms with Crippen LogP contribution in [-0.2, 0) is 0 Å². The number of hydrogen-bond donors (Lipinski definition) is 3. The lowest BCUT2D eigenvalue weighted by Gasteiger charge is -2.10. The number of rotatable bonds is 5. The Labute approximate surface area is 144 Å². The summed E-state index contributed by atoms with van der Waals surface area (Å²) in [7, 11) is 0. The predicted molar refractivity (Wildman–Crippen MR) is 90.8 cm³/mol. The Morgan fingerprint density at radius 1 is 1.32 bits per heavy atom. The molecule has 1 aliphatic carbocycles. The van der Waals surface area contributed by atoms with E-state index in [4.69, 9.17) is 11.1 Å². The van der Waals surface area contributed by atoms with Gasteiger partial charge in [0.05, 0.1) is 23.6 Å². The van der Waals surface area contributed by atoms with Crippen molar-refractivity contribution >= 4 is 17.4 Å². The molecule has 2 heterocycles. The first-order chi connectivity index (χ1) is 12.1. The van der Waals surface area contributed by atoms with Gasteiger partial charge >= 0.3 is 5.95 Å². The van der Waals surface area contributed by atoms with E-state index >= 15 is 0 Å². The molecule has 126 valence electrons. The normalized spacial score (nSPS) is 13.6. The van der Waals surface area contributed by atoms with Crippen LogP contribution in [-0.4, -0.2) is 26.5 Å². The standard InChI is InChI=1S/C17H17N7O/c18-11-1-5-13(6-2-11)23-7-8-24(10-23)17-20-9-14(15(19)25)16(22-17)21-12-3-4-12/h1-2,5-10,12H,3-4,18H2,(H2-,19,20,21,22,25). The zero-order valence-corrected chi connectivity index (χ0v) is 13.4. The van der Waals surface area contributed by atoms with Gasteiger partial charge in [-0.2, -0.15) is 4.57 Å². The number of anilines is 2. The second kappa shape index (κ2) is 5.90. The van der Waals surface area contributed by atoms with Gasteiger partial charge in [-0.3, -0.25) is 4.57 Å². The van der Waals surface area contributed by atoms with E-state index in [-0.39, 0.29) is 5.56 Å². The summed E-state index contributed by atoms with van der Waals surface area (Å²) in [6.45, 7) is 0. The lowest BCUT2D eigenvalue weighted by atomic mass is 10.3. The first-order valence-corrected chi connectivity index (χ1v) is 7.95. The van der Waals surface area contributed by atoms with Gasteiger partial charge in [0.2, 0.25) is 0 Å². The van der Waals surface area contributed by atoms with Crippen LogP contribution in [0.2, 0.25) is 0 Å². The van der Waals surface area contributed by atoms with Crippen molar-refractivity contribution in [3.05, 3.63) is 54.7 Å². The molecule has 25 heavy (non-hydrogen) atoms. The van der Waals surface area contributed by atoms with E-state index in [9.17, 15) is 5.11 Å². The molecule has 0 radical (unpaired) electrons. The minimum absolute atomic E-state index is 0.189. The molecule has 4 rings (SSSR count). The maximum atomic E-state index is 11.5. The molecule has 0 spiro atoms. The minimum atomic E-state index is -0.792. The smallest absolute Gasteiger partial charge is 0.391 e. The highest BCUT2D eigenvalue weighted by molar-refractivity contribution is 5.93. The summed E-state index contributed by atoms with van der Waals surface area (Å²) in [6.07, 6.45) is 9.04. The number of nitrogens with two attached hydrogens (primary N) is 1. The Morgan fingerprint density at radius 3 is 2.76 bits per heavy atom. The molecule has 8 nitrogen and oxygen atoms in total. The summed E-state index contributed by atoms with van der Waals surface area (Å²) < 4.78 is 3.67. The molecular formula is C17H17N7O. The van der Waals surface area contributed by atoms with Crippen molar-refractivity contribution in [2.45, 2.75) is 18.9 Å². The molecule has 0 bridgehead atoms. The Bertz CT molecular complexity index is 928. The average molecular weight is 335 g/mol. The van der Waals surface area contributed by atoms with Crippen LogP contribution >= 0.6 is 0 Å². The first kappa shape index (κ1) is 15.1. The van der Waals surface area contributed by atoms with Crippen molar-refractivity contribution in [3.8, 4) is 11.6 Å². The van der Waals surface area contributed by atoms with Crippen molar-refractivity contribution in [1.82, 2.24) is 14.5 Å². The quantitative estimate of drug-likeness (QED) is 0.270. The average Bonchev–Trinajstić information content (AvgIpc) is 3.28. The topological polar surface area (TPSA) is 120 Å². The van der Waals surface area contributed by atoms with Gasteiger partial charge in [0.1, 0.15) is 6.20 Å². The third kappa shape index (κ3) is 3.14. The van der Waals surface area contributed by atoms with E-state index < -0.39 is 5.90 Å². The molecule has 0 atom stereocenters. The largest absolute Gasteiger partial charge is 0.858 e. The molecule has 1 aromatic carbocycles. The number of aromatic nitrogens is 4. The van der Waals surface area contributed by atoms with Gasteiger partial charge in [-0.15, -0.1) is 4.98 Å². The number of nitrogens with one attached hydrogen (secondary N) is 2. The van der Waals surface area contributed by atoms with Crippen LogP contribution in [0.4, 0.5) is 11.5 Å². The SMILES string of the molecule is N=C([O-])c1cnc(-[n+]2ccn(-c3ccc(N)cc3)c2)nc1NC1CC1. The van der Waals surface area contributed by atoms with Gasteiger partial charge in [-0.25, -0.2) is 0 Å². The molecule has 1 saturated carbocycles. The van der Waals surface area contributed by atoms with Crippen LogP contribution < -0.4 is 20.7 Å². The van der Waals surface area contributed by atoms with Gasteiger partial charge in [-0.1, -0.05) is 4.98 Å². The van der Waals surface area contributed by atoms with Gasteiger partial charge in [0.15, 0.2) is 12.1 Å². The third-order valence-corrected chi connectivity index (χ3v) is 4.00. The summed E-state index contributed by atoms with van der Waals surface area (Å²) >= 11 is 0. The fourth-order valence-corrected chi connectivity index (χ4v) is 2.47. The van der Waals surface area contributed by atoms with E-state index in [1.165, 1.54) is 6.20 Å². The van der Waals surface area contributed by atoms with Crippen LogP contribution in [0, 0.1) is 5.41 Å². The highest BCUT2D eigenvalue weighted by atomic mass is 16.3. The van der Waals surface area contributed by atoms with E-state index in [0.29, 0.717) is 23.5 Å². The number of nitrogen functional groups attached to an aromatic ring is 1. The van der Waals surface area contributed by atoms with Crippen molar-refractivity contribution in [2.24, 2.45) is 0 Å². The monoisotopic (exact) mass is 335 g/mol.